The smallest absolute Gasteiger partial charge is 1.00 e. The maximum absolute atomic E-state index is 3.77. The molecule has 0 fully saturated rings. The van der Waals surface area contributed by atoms with Crippen LogP contribution in [0, 0.1) is 20.8 Å². The second kappa shape index (κ2) is 15.8. The molecule has 0 heterocycles. The van der Waals surface area contributed by atoms with Gasteiger partial charge in [-0.1, -0.05) is 63.6 Å². The van der Waals surface area contributed by atoms with E-state index in [1.54, 1.807) is 0 Å². The summed E-state index contributed by atoms with van der Waals surface area (Å²) >= 11 is 0. The minimum absolute atomic E-state index is 0. The summed E-state index contributed by atoms with van der Waals surface area (Å²) in [6, 6.07) is 11.1. The van der Waals surface area contributed by atoms with Gasteiger partial charge in [0.05, 0.1) is 0 Å². The molecule has 0 aliphatic carbocycles. The number of para-hydroxylation sites is 1. The molecule has 0 saturated carbocycles. The van der Waals surface area contributed by atoms with Gasteiger partial charge in [-0.05, 0) is 61.9 Å². The van der Waals surface area contributed by atoms with E-state index in [0.29, 0.717) is 11.8 Å². The third kappa shape index (κ3) is 9.52. The molecule has 2 aromatic rings. The predicted octanol–water partition coefficient (Wildman–Crippen LogP) is 0.320. The standard InChI is InChI=1S/C26H41N3.2ClH.Co/c1-18(2)23-16-20(5)17-24(19(3)4)26(23)28-13-15-29(8)14-12-27-25-21(6)10-9-11-22(25)7;;;/h9-11,16-19,27-28H,12-15H2,1-8H3;2*1H;/q;;;+2/p-2. The van der Waals surface area contributed by atoms with E-state index in [1.165, 1.54) is 39.2 Å². The minimum atomic E-state index is 0. The van der Waals surface area contributed by atoms with Crippen molar-refractivity contribution >= 4 is 11.4 Å². The molecule has 32 heavy (non-hydrogen) atoms. The number of aryl methyl sites for hydroxylation is 3. The van der Waals surface area contributed by atoms with E-state index in [-0.39, 0.29) is 41.6 Å². The molecule has 2 rings (SSSR count). The molecule has 0 aliphatic rings. The number of rotatable bonds is 10. The first-order valence-electron chi connectivity index (χ1n) is 11.1. The Balaban J connectivity index is 0. The van der Waals surface area contributed by atoms with Gasteiger partial charge in [-0.3, -0.25) is 0 Å². The molecule has 0 aliphatic heterocycles. The molecule has 6 heteroatoms. The van der Waals surface area contributed by atoms with Crippen molar-refractivity contribution in [3.05, 3.63) is 58.1 Å². The van der Waals surface area contributed by atoms with Crippen molar-refractivity contribution in [3.8, 4) is 0 Å². The van der Waals surface area contributed by atoms with E-state index in [4.69, 9.17) is 0 Å². The van der Waals surface area contributed by atoms with E-state index in [0.717, 1.165) is 26.2 Å². The van der Waals surface area contributed by atoms with Gasteiger partial charge in [0.1, 0.15) is 0 Å². The van der Waals surface area contributed by atoms with E-state index in [1.807, 2.05) is 0 Å². The quantitative estimate of drug-likeness (QED) is 0.468. The second-order valence-electron chi connectivity index (χ2n) is 9.05. The zero-order chi connectivity index (χ0) is 21.6. The maximum Gasteiger partial charge on any atom is 2.00 e. The predicted molar refractivity (Wildman–Crippen MR) is 130 cm³/mol. The number of benzene rings is 2. The van der Waals surface area contributed by atoms with Crippen LogP contribution in [0.5, 0.6) is 0 Å². The molecular weight excluding hydrogens is 484 g/mol. The summed E-state index contributed by atoms with van der Waals surface area (Å²) < 4.78 is 0. The Morgan fingerprint density at radius 1 is 0.750 bits per heavy atom. The Morgan fingerprint density at radius 2 is 1.16 bits per heavy atom. The zero-order valence-corrected chi connectivity index (χ0v) is 23.5. The van der Waals surface area contributed by atoms with Crippen LogP contribution in [-0.2, 0) is 16.8 Å². The van der Waals surface area contributed by atoms with Crippen LogP contribution < -0.4 is 35.4 Å². The summed E-state index contributed by atoms with van der Waals surface area (Å²) in [4.78, 5) is 2.39. The summed E-state index contributed by atoms with van der Waals surface area (Å²) in [5.74, 6) is 1.04. The normalized spacial score (nSPS) is 10.5. The van der Waals surface area contributed by atoms with Crippen molar-refractivity contribution < 1.29 is 41.6 Å². The maximum atomic E-state index is 3.77. The Hall–Kier alpha value is -0.914. The van der Waals surface area contributed by atoms with Gasteiger partial charge in [-0.15, -0.1) is 0 Å². The van der Waals surface area contributed by atoms with Crippen LogP contribution >= 0.6 is 0 Å². The molecule has 2 N–H and O–H groups in total. The SMILES string of the molecule is Cc1cc(C(C)C)c(NCCN(C)CCNc2c(C)cccc2C)c(C(C)C)c1.[Cl-].[Cl-].[Co+2]. The number of nitrogens with zero attached hydrogens (tertiary/aromatic N) is 1. The molecule has 0 saturated heterocycles. The van der Waals surface area contributed by atoms with Gasteiger partial charge in [0.2, 0.25) is 0 Å². The van der Waals surface area contributed by atoms with Crippen molar-refractivity contribution in [2.75, 3.05) is 43.9 Å². The Kier molecular flexibility index (Phi) is 16.5. The van der Waals surface area contributed by atoms with Gasteiger partial charge in [-0.2, -0.15) is 0 Å². The molecule has 0 bridgehead atoms. The van der Waals surface area contributed by atoms with Crippen LogP contribution in [0.3, 0.4) is 0 Å². The molecule has 0 spiro atoms. The van der Waals surface area contributed by atoms with Crippen LogP contribution in [0.4, 0.5) is 11.4 Å². The third-order valence-electron chi connectivity index (χ3n) is 5.66. The summed E-state index contributed by atoms with van der Waals surface area (Å²) in [6.45, 7) is 19.7. The van der Waals surface area contributed by atoms with Crippen LogP contribution in [0.15, 0.2) is 30.3 Å². The second-order valence-corrected chi connectivity index (χ2v) is 9.05. The molecule has 1 radical (unpaired) electrons. The largest absolute Gasteiger partial charge is 2.00 e. The average Bonchev–Trinajstić information content (AvgIpc) is 2.64. The number of likely N-dealkylation sites (N-methyl/N-ethyl adjacent to an activating group) is 1. The van der Waals surface area contributed by atoms with Crippen molar-refractivity contribution in [3.63, 3.8) is 0 Å². The first-order valence-corrected chi connectivity index (χ1v) is 11.1. The van der Waals surface area contributed by atoms with E-state index < -0.39 is 0 Å². The van der Waals surface area contributed by atoms with Crippen molar-refractivity contribution in [2.45, 2.75) is 60.3 Å². The molecule has 3 nitrogen and oxygen atoms in total. The van der Waals surface area contributed by atoms with Crippen LogP contribution in [-0.4, -0.2) is 38.1 Å². The number of hydrogen-bond acceptors (Lipinski definition) is 3. The fourth-order valence-corrected chi connectivity index (χ4v) is 3.91. The Labute approximate surface area is 219 Å². The number of nitrogens with one attached hydrogen (secondary N) is 2. The van der Waals surface area contributed by atoms with E-state index >= 15 is 0 Å². The average molecular weight is 525 g/mol. The summed E-state index contributed by atoms with van der Waals surface area (Å²) in [7, 11) is 2.20. The fraction of sp³-hybridized carbons (Fsp3) is 0.538. The van der Waals surface area contributed by atoms with Gasteiger partial charge >= 0.3 is 16.8 Å². The van der Waals surface area contributed by atoms with Gasteiger partial charge in [0.15, 0.2) is 0 Å². The summed E-state index contributed by atoms with van der Waals surface area (Å²) in [6.07, 6.45) is 0. The number of anilines is 2. The van der Waals surface area contributed by atoms with Gasteiger partial charge < -0.3 is 40.3 Å². The third-order valence-corrected chi connectivity index (χ3v) is 5.66. The van der Waals surface area contributed by atoms with Crippen molar-refractivity contribution in [2.24, 2.45) is 0 Å². The Morgan fingerprint density at radius 3 is 1.56 bits per heavy atom. The van der Waals surface area contributed by atoms with E-state index in [9.17, 15) is 0 Å². The molecule has 0 amide bonds. The van der Waals surface area contributed by atoms with Crippen molar-refractivity contribution in [1.29, 1.82) is 0 Å². The van der Waals surface area contributed by atoms with Gasteiger partial charge in [-0.25, -0.2) is 0 Å². The van der Waals surface area contributed by atoms with Crippen molar-refractivity contribution in [1.82, 2.24) is 4.90 Å². The van der Waals surface area contributed by atoms with Gasteiger partial charge in [0, 0.05) is 37.6 Å². The van der Waals surface area contributed by atoms with Crippen LogP contribution in [0.2, 0.25) is 0 Å². The Bertz CT molecular complexity index is 760. The molecule has 0 unspecified atom stereocenters. The number of hydrogen-bond donors (Lipinski definition) is 2. The molecular formula is C26H41Cl2CoN3. The summed E-state index contributed by atoms with van der Waals surface area (Å²) in [5.41, 5.74) is 9.50. The first kappa shape index (κ1) is 33.3. The zero-order valence-electron chi connectivity index (χ0n) is 20.9. The van der Waals surface area contributed by atoms with Gasteiger partial charge in [0.25, 0.3) is 0 Å². The fourth-order valence-electron chi connectivity index (χ4n) is 3.91. The summed E-state index contributed by atoms with van der Waals surface area (Å²) in [5, 5.41) is 7.38. The van der Waals surface area contributed by atoms with Crippen LogP contribution in [0.25, 0.3) is 0 Å². The first-order chi connectivity index (χ1) is 13.7. The van der Waals surface area contributed by atoms with E-state index in [2.05, 4.69) is 101 Å². The number of halogens is 2. The molecule has 2 aromatic carbocycles. The minimum Gasteiger partial charge on any atom is -1.00 e. The van der Waals surface area contributed by atoms with Crippen LogP contribution in [0.1, 0.15) is 67.3 Å². The molecule has 0 atom stereocenters. The molecule has 183 valence electrons. The monoisotopic (exact) mass is 524 g/mol. The topological polar surface area (TPSA) is 27.3 Å². The molecule has 0 aromatic heterocycles.